The Morgan fingerprint density at radius 1 is 1.07 bits per heavy atom. The van der Waals surface area contributed by atoms with Gasteiger partial charge < -0.3 is 4.90 Å². The third-order valence-electron chi connectivity index (χ3n) is 5.53. The molecule has 1 aliphatic heterocycles. The van der Waals surface area contributed by atoms with Crippen molar-refractivity contribution < 1.29 is 4.79 Å². The smallest absolute Gasteiger partial charge is 0.257 e. The Hall–Kier alpha value is -3.41. The molecule has 1 atom stereocenters. The first kappa shape index (κ1) is 16.7. The van der Waals surface area contributed by atoms with E-state index < -0.39 is 0 Å². The van der Waals surface area contributed by atoms with Crippen molar-refractivity contribution in [3.63, 3.8) is 0 Å². The van der Waals surface area contributed by atoms with Crippen LogP contribution in [0.15, 0.2) is 67.1 Å². The molecule has 4 aromatic rings. The minimum Gasteiger partial charge on any atom is -0.338 e. The summed E-state index contributed by atoms with van der Waals surface area (Å²) in [7, 11) is 0. The summed E-state index contributed by atoms with van der Waals surface area (Å²) in [6, 6.07) is 16.1. The summed E-state index contributed by atoms with van der Waals surface area (Å²) in [5.74, 6) is 0.295. The summed E-state index contributed by atoms with van der Waals surface area (Å²) >= 11 is 0. The Kier molecular flexibility index (Phi) is 4.16. The van der Waals surface area contributed by atoms with Crippen LogP contribution in [-0.4, -0.2) is 43.7 Å². The average molecular weight is 371 g/mol. The number of aromatic nitrogens is 4. The predicted octanol–water partition coefficient (Wildman–Crippen LogP) is 3.74. The van der Waals surface area contributed by atoms with Gasteiger partial charge in [-0.05, 0) is 30.5 Å². The fourth-order valence-electron chi connectivity index (χ4n) is 4.12. The number of nitrogens with zero attached hydrogens (tertiary/aromatic N) is 4. The quantitative estimate of drug-likeness (QED) is 0.596. The van der Waals surface area contributed by atoms with Crippen LogP contribution in [0.25, 0.3) is 16.6 Å². The maximum atomic E-state index is 13.2. The van der Waals surface area contributed by atoms with Gasteiger partial charge in [0, 0.05) is 36.5 Å². The van der Waals surface area contributed by atoms with Crippen molar-refractivity contribution in [1.82, 2.24) is 24.7 Å². The second kappa shape index (κ2) is 6.96. The third kappa shape index (κ3) is 2.87. The number of fused-ring (bicyclic) bond motifs is 1. The first-order valence-corrected chi connectivity index (χ1v) is 9.61. The lowest BCUT2D eigenvalue weighted by molar-refractivity contribution is 0.0708. The lowest BCUT2D eigenvalue weighted by atomic mass is 9.90. The molecule has 0 aliphatic carbocycles. The van der Waals surface area contributed by atoms with Crippen molar-refractivity contribution in [2.24, 2.45) is 0 Å². The molecule has 6 heteroatoms. The molecule has 1 aliphatic rings. The number of nitrogens with one attached hydrogen (secondary N) is 1. The Bertz CT molecular complexity index is 1110. The first-order chi connectivity index (χ1) is 13.8. The number of hydrogen-bond donors (Lipinski definition) is 1. The number of likely N-dealkylation sites (tertiary alicyclic amines) is 1. The topological polar surface area (TPSA) is 66.3 Å². The molecule has 1 amide bonds. The van der Waals surface area contributed by atoms with Crippen LogP contribution >= 0.6 is 0 Å². The van der Waals surface area contributed by atoms with Gasteiger partial charge in [0.05, 0.1) is 23.5 Å². The van der Waals surface area contributed by atoms with Gasteiger partial charge in [0.1, 0.15) is 0 Å². The van der Waals surface area contributed by atoms with Gasteiger partial charge in [0.25, 0.3) is 5.91 Å². The molecule has 5 rings (SSSR count). The van der Waals surface area contributed by atoms with Crippen LogP contribution in [0, 0.1) is 0 Å². The number of H-pyrrole nitrogens is 1. The minimum absolute atomic E-state index is 0.0478. The van der Waals surface area contributed by atoms with E-state index in [-0.39, 0.29) is 11.8 Å². The zero-order valence-electron chi connectivity index (χ0n) is 15.5. The van der Waals surface area contributed by atoms with Crippen molar-refractivity contribution in [2.45, 2.75) is 18.8 Å². The fraction of sp³-hybridized carbons (Fsp3) is 0.227. The summed E-state index contributed by atoms with van der Waals surface area (Å²) in [4.78, 5) is 15.1. The Labute approximate surface area is 162 Å². The van der Waals surface area contributed by atoms with E-state index in [1.54, 1.807) is 10.7 Å². The van der Waals surface area contributed by atoms with E-state index in [1.807, 2.05) is 53.7 Å². The third-order valence-corrected chi connectivity index (χ3v) is 5.53. The van der Waals surface area contributed by atoms with E-state index in [2.05, 4.69) is 27.4 Å². The molecular weight excluding hydrogens is 350 g/mol. The van der Waals surface area contributed by atoms with Crippen LogP contribution < -0.4 is 0 Å². The van der Waals surface area contributed by atoms with Crippen molar-refractivity contribution in [3.8, 4) is 11.1 Å². The molecular formula is C22H21N5O. The minimum atomic E-state index is 0.0478. The van der Waals surface area contributed by atoms with Crippen LogP contribution in [0.4, 0.5) is 0 Å². The summed E-state index contributed by atoms with van der Waals surface area (Å²) in [5.41, 5.74) is 4.90. The molecule has 4 heterocycles. The van der Waals surface area contributed by atoms with Gasteiger partial charge in [0.15, 0.2) is 0 Å². The molecule has 0 radical (unpaired) electrons. The Morgan fingerprint density at radius 2 is 1.93 bits per heavy atom. The van der Waals surface area contributed by atoms with Gasteiger partial charge in [-0.3, -0.25) is 9.89 Å². The van der Waals surface area contributed by atoms with Gasteiger partial charge in [-0.2, -0.15) is 10.2 Å². The van der Waals surface area contributed by atoms with E-state index in [1.165, 1.54) is 0 Å². The van der Waals surface area contributed by atoms with Gasteiger partial charge in [-0.25, -0.2) is 4.52 Å². The number of pyridine rings is 1. The number of benzene rings is 1. The number of piperidine rings is 1. The number of hydrogen-bond acceptors (Lipinski definition) is 3. The highest BCUT2D eigenvalue weighted by atomic mass is 16.2. The number of carbonyl (C=O) groups is 1. The zero-order chi connectivity index (χ0) is 18.9. The Morgan fingerprint density at radius 3 is 2.82 bits per heavy atom. The average Bonchev–Trinajstić information content (AvgIpc) is 3.41. The van der Waals surface area contributed by atoms with Gasteiger partial charge in [0.2, 0.25) is 0 Å². The number of rotatable bonds is 3. The molecule has 0 spiro atoms. The molecule has 1 saturated heterocycles. The lowest BCUT2D eigenvalue weighted by Gasteiger charge is -2.32. The molecule has 1 N–H and O–H groups in total. The molecule has 1 fully saturated rings. The van der Waals surface area contributed by atoms with E-state index in [9.17, 15) is 4.79 Å². The highest BCUT2D eigenvalue weighted by molar-refractivity contribution is 6.00. The fourth-order valence-corrected chi connectivity index (χ4v) is 4.12. The van der Waals surface area contributed by atoms with Crippen molar-refractivity contribution in [3.05, 3.63) is 78.4 Å². The Balaban J connectivity index is 1.42. The predicted molar refractivity (Wildman–Crippen MR) is 107 cm³/mol. The highest BCUT2D eigenvalue weighted by Crippen LogP contribution is 2.33. The maximum Gasteiger partial charge on any atom is 0.257 e. The maximum absolute atomic E-state index is 13.2. The number of carbonyl (C=O) groups excluding carboxylic acids is 1. The molecule has 6 nitrogen and oxygen atoms in total. The largest absolute Gasteiger partial charge is 0.338 e. The molecule has 140 valence electrons. The van der Waals surface area contributed by atoms with E-state index in [4.69, 9.17) is 0 Å². The van der Waals surface area contributed by atoms with E-state index in [0.29, 0.717) is 12.1 Å². The molecule has 3 aromatic heterocycles. The molecule has 0 saturated carbocycles. The normalized spacial score (nSPS) is 17.1. The zero-order valence-corrected chi connectivity index (χ0v) is 15.5. The second-order valence-electron chi connectivity index (χ2n) is 7.24. The lowest BCUT2D eigenvalue weighted by Crippen LogP contribution is -2.39. The summed E-state index contributed by atoms with van der Waals surface area (Å²) < 4.78 is 1.75. The van der Waals surface area contributed by atoms with Crippen LogP contribution in [0.5, 0.6) is 0 Å². The molecule has 1 aromatic carbocycles. The SMILES string of the molecule is O=C(c1cnn2ccccc12)N1CCCC(c2[nH]ncc2-c2ccccc2)C1. The van der Waals surface area contributed by atoms with Crippen LogP contribution in [-0.2, 0) is 0 Å². The van der Waals surface area contributed by atoms with Gasteiger partial charge >= 0.3 is 0 Å². The van der Waals surface area contributed by atoms with Crippen LogP contribution in [0.3, 0.4) is 0 Å². The summed E-state index contributed by atoms with van der Waals surface area (Å²) in [6.45, 7) is 1.46. The van der Waals surface area contributed by atoms with Crippen molar-refractivity contribution >= 4 is 11.4 Å². The number of amides is 1. The van der Waals surface area contributed by atoms with Crippen molar-refractivity contribution in [1.29, 1.82) is 0 Å². The van der Waals surface area contributed by atoms with Gasteiger partial charge in [-0.1, -0.05) is 36.4 Å². The molecule has 0 bridgehead atoms. The highest BCUT2D eigenvalue weighted by Gasteiger charge is 2.29. The monoisotopic (exact) mass is 371 g/mol. The van der Waals surface area contributed by atoms with Crippen LogP contribution in [0.2, 0.25) is 0 Å². The number of aromatic amines is 1. The van der Waals surface area contributed by atoms with E-state index >= 15 is 0 Å². The second-order valence-corrected chi connectivity index (χ2v) is 7.24. The molecule has 1 unspecified atom stereocenters. The summed E-state index contributed by atoms with van der Waals surface area (Å²) in [5, 5.41) is 11.8. The summed E-state index contributed by atoms with van der Waals surface area (Å²) in [6.07, 6.45) is 7.44. The van der Waals surface area contributed by atoms with Crippen LogP contribution in [0.1, 0.15) is 34.8 Å². The molecule has 28 heavy (non-hydrogen) atoms. The van der Waals surface area contributed by atoms with Crippen molar-refractivity contribution in [2.75, 3.05) is 13.1 Å². The first-order valence-electron chi connectivity index (χ1n) is 9.61. The van der Waals surface area contributed by atoms with E-state index in [0.717, 1.165) is 41.7 Å². The van der Waals surface area contributed by atoms with Gasteiger partial charge in [-0.15, -0.1) is 0 Å². The standard InChI is InChI=1S/C22H21N5O/c28-22(19-14-24-27-12-5-4-10-20(19)27)26-11-6-9-17(15-26)21-18(13-23-25-21)16-7-2-1-3-8-16/h1-5,7-8,10,12-14,17H,6,9,11,15H2,(H,23,25).